The third-order valence-corrected chi connectivity index (χ3v) is 2.11. The van der Waals surface area contributed by atoms with Crippen LogP contribution in [0.3, 0.4) is 0 Å². The second kappa shape index (κ2) is 6.36. The molecule has 0 radical (unpaired) electrons. The molecule has 2 rings (SSSR count). The van der Waals surface area contributed by atoms with E-state index in [4.69, 9.17) is 10.9 Å². The fraction of sp³-hybridized carbons (Fsp3) is 0. The second-order valence-corrected chi connectivity index (χ2v) is 3.36. The molecule has 0 saturated carbocycles. The average Bonchev–Trinajstić information content (AvgIpc) is 2.76. The van der Waals surface area contributed by atoms with Crippen molar-refractivity contribution >= 4 is 30.5 Å². The van der Waals surface area contributed by atoms with E-state index in [0.717, 1.165) is 5.56 Å². The zero-order valence-electron chi connectivity index (χ0n) is 9.59. The van der Waals surface area contributed by atoms with Gasteiger partial charge in [-0.3, -0.25) is 0 Å². The van der Waals surface area contributed by atoms with Gasteiger partial charge in [-0.25, -0.2) is 14.9 Å². The van der Waals surface area contributed by atoms with Gasteiger partial charge >= 0.3 is 5.97 Å². The SMILES string of the molecule is Cl.Nn1cnnc1N/N=C/c1ccc(C(=O)O)cc1. The summed E-state index contributed by atoms with van der Waals surface area (Å²) in [5.41, 5.74) is 3.57. The van der Waals surface area contributed by atoms with E-state index in [1.807, 2.05) is 0 Å². The Hall–Kier alpha value is -2.61. The number of hydrogen-bond acceptors (Lipinski definition) is 6. The third kappa shape index (κ3) is 3.68. The number of carboxylic acid groups (broad SMARTS) is 1. The number of carboxylic acids is 1. The molecule has 0 spiro atoms. The van der Waals surface area contributed by atoms with E-state index in [1.54, 1.807) is 12.1 Å². The van der Waals surface area contributed by atoms with Gasteiger partial charge in [0.05, 0.1) is 11.8 Å². The molecule has 0 aliphatic rings. The Kier molecular flexibility index (Phi) is 4.84. The molecule has 0 atom stereocenters. The molecule has 9 heteroatoms. The molecule has 19 heavy (non-hydrogen) atoms. The van der Waals surface area contributed by atoms with E-state index >= 15 is 0 Å². The van der Waals surface area contributed by atoms with Crippen molar-refractivity contribution < 1.29 is 9.90 Å². The highest BCUT2D eigenvalue weighted by atomic mass is 35.5. The number of aromatic nitrogens is 3. The van der Waals surface area contributed by atoms with Crippen molar-refractivity contribution in [1.82, 2.24) is 14.9 Å². The van der Waals surface area contributed by atoms with Crippen molar-refractivity contribution in [2.75, 3.05) is 11.3 Å². The summed E-state index contributed by atoms with van der Waals surface area (Å²) in [6, 6.07) is 6.27. The highest BCUT2D eigenvalue weighted by Gasteiger charge is 2.00. The number of hydrogen-bond donors (Lipinski definition) is 3. The molecule has 0 aliphatic heterocycles. The molecule has 100 valence electrons. The number of nitrogens with one attached hydrogen (secondary N) is 1. The largest absolute Gasteiger partial charge is 0.478 e. The quantitative estimate of drug-likeness (QED) is 0.428. The Morgan fingerprint density at radius 2 is 2.11 bits per heavy atom. The second-order valence-electron chi connectivity index (χ2n) is 3.36. The fourth-order valence-corrected chi connectivity index (χ4v) is 1.20. The molecule has 1 aromatic carbocycles. The monoisotopic (exact) mass is 282 g/mol. The molecule has 0 saturated heterocycles. The number of nitrogens with two attached hydrogens (primary N) is 1. The zero-order chi connectivity index (χ0) is 13.0. The van der Waals surface area contributed by atoms with E-state index in [2.05, 4.69) is 20.7 Å². The van der Waals surface area contributed by atoms with Gasteiger partial charge in [-0.1, -0.05) is 12.1 Å². The molecule has 0 amide bonds. The van der Waals surface area contributed by atoms with Gasteiger partial charge in [-0.15, -0.1) is 22.6 Å². The Bertz CT molecular complexity index is 580. The lowest BCUT2D eigenvalue weighted by Gasteiger charge is -1.98. The van der Waals surface area contributed by atoms with Crippen LogP contribution in [0, 0.1) is 0 Å². The third-order valence-electron chi connectivity index (χ3n) is 2.11. The van der Waals surface area contributed by atoms with Crippen molar-refractivity contribution in [1.29, 1.82) is 0 Å². The normalized spacial score (nSPS) is 10.1. The summed E-state index contributed by atoms with van der Waals surface area (Å²) in [5.74, 6) is 4.80. The van der Waals surface area contributed by atoms with Gasteiger partial charge in [0.2, 0.25) is 0 Å². The van der Waals surface area contributed by atoms with E-state index in [1.165, 1.54) is 29.4 Å². The molecule has 0 unspecified atom stereocenters. The smallest absolute Gasteiger partial charge is 0.335 e. The minimum absolute atomic E-state index is 0. The molecule has 4 N–H and O–H groups in total. The first kappa shape index (κ1) is 14.5. The van der Waals surface area contributed by atoms with E-state index in [-0.39, 0.29) is 18.0 Å². The minimum Gasteiger partial charge on any atom is -0.478 e. The number of halogens is 1. The summed E-state index contributed by atoms with van der Waals surface area (Å²) < 4.78 is 1.19. The first-order chi connectivity index (χ1) is 8.66. The van der Waals surface area contributed by atoms with Crippen LogP contribution < -0.4 is 11.3 Å². The zero-order valence-corrected chi connectivity index (χ0v) is 10.4. The minimum atomic E-state index is -0.965. The fourth-order valence-electron chi connectivity index (χ4n) is 1.20. The van der Waals surface area contributed by atoms with Crippen LogP contribution in [-0.2, 0) is 0 Å². The Labute approximate surface area is 114 Å². The number of rotatable bonds is 4. The number of anilines is 1. The van der Waals surface area contributed by atoms with Gasteiger partial charge in [0, 0.05) is 0 Å². The van der Waals surface area contributed by atoms with Crippen molar-refractivity contribution in [2.45, 2.75) is 0 Å². The maximum absolute atomic E-state index is 10.6. The number of hydrazone groups is 1. The van der Waals surface area contributed by atoms with Crippen LogP contribution in [0.1, 0.15) is 15.9 Å². The van der Waals surface area contributed by atoms with E-state index < -0.39 is 5.97 Å². The van der Waals surface area contributed by atoms with Gasteiger partial charge in [0.1, 0.15) is 6.33 Å². The van der Waals surface area contributed by atoms with E-state index in [0.29, 0.717) is 5.95 Å². The lowest BCUT2D eigenvalue weighted by atomic mass is 10.1. The Morgan fingerprint density at radius 1 is 1.42 bits per heavy atom. The predicted octanol–water partition coefficient (Wildman–Crippen LogP) is 0.558. The summed E-state index contributed by atoms with van der Waals surface area (Å²) in [7, 11) is 0. The van der Waals surface area contributed by atoms with Gasteiger partial charge in [0.15, 0.2) is 0 Å². The molecule has 0 bridgehead atoms. The Morgan fingerprint density at radius 3 is 2.63 bits per heavy atom. The van der Waals surface area contributed by atoms with Crippen LogP contribution in [-0.4, -0.2) is 32.2 Å². The average molecular weight is 283 g/mol. The van der Waals surface area contributed by atoms with Crippen LogP contribution in [0.25, 0.3) is 0 Å². The summed E-state index contributed by atoms with van der Waals surface area (Å²) in [6.45, 7) is 0. The maximum Gasteiger partial charge on any atom is 0.335 e. The highest BCUT2D eigenvalue weighted by Crippen LogP contribution is 2.02. The number of carbonyl (C=O) groups is 1. The van der Waals surface area contributed by atoms with Crippen molar-refractivity contribution in [2.24, 2.45) is 5.10 Å². The van der Waals surface area contributed by atoms with Gasteiger partial charge in [0.25, 0.3) is 5.95 Å². The molecule has 1 heterocycles. The predicted molar refractivity (Wildman–Crippen MR) is 72.0 cm³/mol. The van der Waals surface area contributed by atoms with Crippen molar-refractivity contribution in [3.05, 3.63) is 41.7 Å². The van der Waals surface area contributed by atoms with Crippen molar-refractivity contribution in [3.8, 4) is 0 Å². The van der Waals surface area contributed by atoms with Gasteiger partial charge in [-0.05, 0) is 17.7 Å². The molecule has 0 fully saturated rings. The number of benzene rings is 1. The highest BCUT2D eigenvalue weighted by molar-refractivity contribution is 5.89. The maximum atomic E-state index is 10.6. The summed E-state index contributed by atoms with van der Waals surface area (Å²) >= 11 is 0. The number of aromatic carboxylic acids is 1. The summed E-state index contributed by atoms with van der Waals surface area (Å²) in [4.78, 5) is 10.6. The lowest BCUT2D eigenvalue weighted by Crippen LogP contribution is -2.10. The summed E-state index contributed by atoms with van der Waals surface area (Å²) in [6.07, 6.45) is 2.85. The molecule has 2 aromatic rings. The molecular formula is C10H11ClN6O2. The van der Waals surface area contributed by atoms with Gasteiger partial charge in [-0.2, -0.15) is 5.10 Å². The Balaban J connectivity index is 0.00000180. The number of nitrogen functional groups attached to an aromatic ring is 1. The molecule has 0 aliphatic carbocycles. The van der Waals surface area contributed by atoms with Gasteiger partial charge < -0.3 is 10.9 Å². The first-order valence-corrected chi connectivity index (χ1v) is 4.94. The molecular weight excluding hydrogens is 272 g/mol. The van der Waals surface area contributed by atoms with E-state index in [9.17, 15) is 4.79 Å². The van der Waals surface area contributed by atoms with Crippen LogP contribution in [0.2, 0.25) is 0 Å². The van der Waals surface area contributed by atoms with Crippen LogP contribution >= 0.6 is 12.4 Å². The molecule has 8 nitrogen and oxygen atoms in total. The lowest BCUT2D eigenvalue weighted by molar-refractivity contribution is 0.0697. The standard InChI is InChI=1S/C10H10N6O2.ClH/c11-16-6-13-15-10(16)14-12-5-7-1-3-8(4-2-7)9(17)18;/h1-6H,11H2,(H,14,15)(H,17,18);1H/b12-5+;. The van der Waals surface area contributed by atoms with Crippen LogP contribution in [0.15, 0.2) is 35.7 Å². The summed E-state index contributed by atoms with van der Waals surface area (Å²) in [5, 5.41) is 19.9. The first-order valence-electron chi connectivity index (χ1n) is 4.94. The van der Waals surface area contributed by atoms with Crippen LogP contribution in [0.5, 0.6) is 0 Å². The topological polar surface area (TPSA) is 118 Å². The van der Waals surface area contributed by atoms with Crippen molar-refractivity contribution in [3.63, 3.8) is 0 Å². The number of nitrogens with zero attached hydrogens (tertiary/aromatic N) is 4. The molecule has 1 aromatic heterocycles. The van der Waals surface area contributed by atoms with Crippen LogP contribution in [0.4, 0.5) is 5.95 Å².